The Morgan fingerprint density at radius 1 is 1.00 bits per heavy atom. The number of carbonyl (C=O) groups is 1. The van der Waals surface area contributed by atoms with E-state index in [2.05, 4.69) is 67.4 Å². The molecule has 2 aromatic rings. The van der Waals surface area contributed by atoms with Gasteiger partial charge in [0.25, 0.3) is 0 Å². The largest absolute Gasteiger partial charge is 0.358 e. The van der Waals surface area contributed by atoms with Gasteiger partial charge in [-0.05, 0) is 106 Å². The van der Waals surface area contributed by atoms with Crippen LogP contribution in [-0.2, 0) is 4.79 Å². The van der Waals surface area contributed by atoms with Crippen molar-refractivity contribution in [1.82, 2.24) is 9.88 Å². The van der Waals surface area contributed by atoms with Gasteiger partial charge in [-0.25, -0.2) is 4.98 Å². The predicted molar refractivity (Wildman–Crippen MR) is 132 cm³/mol. The van der Waals surface area contributed by atoms with Gasteiger partial charge in [-0.1, -0.05) is 6.07 Å². The summed E-state index contributed by atoms with van der Waals surface area (Å²) < 4.78 is 0. The molecule has 1 aromatic heterocycles. The summed E-state index contributed by atoms with van der Waals surface area (Å²) in [4.78, 5) is 22.5. The Bertz CT molecular complexity index is 979. The Morgan fingerprint density at radius 3 is 2.28 bits per heavy atom. The van der Waals surface area contributed by atoms with Crippen LogP contribution in [0, 0.1) is 30.1 Å². The second-order valence-corrected chi connectivity index (χ2v) is 11.4. The zero-order valence-electron chi connectivity index (χ0n) is 20.2. The number of aryl methyl sites for hydroxylation is 1. The fourth-order valence-corrected chi connectivity index (χ4v) is 7.18. The maximum atomic E-state index is 13.3. The van der Waals surface area contributed by atoms with Gasteiger partial charge in [0.1, 0.15) is 5.82 Å². The highest BCUT2D eigenvalue weighted by Crippen LogP contribution is 2.61. The number of pyridine rings is 1. The Balaban J connectivity index is 1.33. The molecular formula is C27H38N4O. The van der Waals surface area contributed by atoms with Crippen LogP contribution < -0.4 is 10.2 Å². The molecule has 4 fully saturated rings. The van der Waals surface area contributed by atoms with Crippen molar-refractivity contribution in [2.24, 2.45) is 23.2 Å². The zero-order valence-corrected chi connectivity index (χ0v) is 20.2. The lowest BCUT2D eigenvalue weighted by Crippen LogP contribution is -2.47. The van der Waals surface area contributed by atoms with E-state index in [4.69, 9.17) is 4.98 Å². The molecule has 1 aromatic carbocycles. The Kier molecular flexibility index (Phi) is 5.65. The number of carbonyl (C=O) groups excluding carboxylic acids is 1. The fraction of sp³-hybridized carbons (Fsp3) is 0.630. The van der Waals surface area contributed by atoms with E-state index in [1.165, 1.54) is 38.5 Å². The van der Waals surface area contributed by atoms with Gasteiger partial charge < -0.3 is 15.1 Å². The lowest BCUT2D eigenvalue weighted by molar-refractivity contribution is -0.124. The molecule has 4 saturated carbocycles. The summed E-state index contributed by atoms with van der Waals surface area (Å²) in [6.45, 7) is 3.98. The number of benzene rings is 1. The first-order valence-electron chi connectivity index (χ1n) is 12.4. The van der Waals surface area contributed by atoms with E-state index in [0.717, 1.165) is 58.8 Å². The average Bonchev–Trinajstić information content (AvgIpc) is 2.72. The third-order valence-electron chi connectivity index (χ3n) is 8.30. The Labute approximate surface area is 192 Å². The van der Waals surface area contributed by atoms with E-state index < -0.39 is 0 Å². The van der Waals surface area contributed by atoms with Crippen molar-refractivity contribution < 1.29 is 4.79 Å². The standard InChI is InChI=1S/C27H38N4O/c1-18-5-7-23-22(6-8-24(28-23)31(4)10-9-30(2)3)26(18)29-25(32)17-27-14-19-11-20(15-27)13-21(12-19)16-27/h5-8,19-21H,9-17H2,1-4H3,(H,29,32). The van der Waals surface area contributed by atoms with E-state index in [0.29, 0.717) is 6.42 Å². The summed E-state index contributed by atoms with van der Waals surface area (Å²) >= 11 is 0. The number of fused-ring (bicyclic) bond motifs is 1. The summed E-state index contributed by atoms with van der Waals surface area (Å²) in [5.74, 6) is 3.78. The van der Waals surface area contributed by atoms with Crippen LogP contribution in [-0.4, -0.2) is 50.0 Å². The lowest BCUT2D eigenvalue weighted by atomic mass is 9.49. The molecular weight excluding hydrogens is 396 g/mol. The number of anilines is 2. The van der Waals surface area contributed by atoms with Gasteiger partial charge in [-0.3, -0.25) is 4.79 Å². The highest BCUT2D eigenvalue weighted by Gasteiger charge is 2.51. The quantitative estimate of drug-likeness (QED) is 0.660. The molecule has 4 aliphatic rings. The first kappa shape index (κ1) is 21.7. The minimum absolute atomic E-state index is 0.190. The minimum Gasteiger partial charge on any atom is -0.358 e. The number of rotatable bonds is 7. The van der Waals surface area contributed by atoms with Crippen molar-refractivity contribution in [1.29, 1.82) is 0 Å². The monoisotopic (exact) mass is 434 g/mol. The molecule has 5 nitrogen and oxygen atoms in total. The number of amides is 1. The van der Waals surface area contributed by atoms with Gasteiger partial charge >= 0.3 is 0 Å². The number of nitrogens with zero attached hydrogens (tertiary/aromatic N) is 3. The van der Waals surface area contributed by atoms with E-state index in [1.807, 2.05) is 0 Å². The first-order valence-corrected chi connectivity index (χ1v) is 12.4. The number of aromatic nitrogens is 1. The molecule has 0 saturated heterocycles. The first-order chi connectivity index (χ1) is 15.3. The molecule has 4 bridgehead atoms. The van der Waals surface area contributed by atoms with Crippen LogP contribution in [0.15, 0.2) is 24.3 Å². The summed E-state index contributed by atoms with van der Waals surface area (Å²) in [7, 11) is 6.26. The number of hydrogen-bond donors (Lipinski definition) is 1. The zero-order chi connectivity index (χ0) is 22.5. The molecule has 1 heterocycles. The van der Waals surface area contributed by atoms with Crippen LogP contribution in [0.3, 0.4) is 0 Å². The minimum atomic E-state index is 0.190. The summed E-state index contributed by atoms with van der Waals surface area (Å²) in [6.07, 6.45) is 8.74. The predicted octanol–water partition coefficient (Wildman–Crippen LogP) is 5.09. The van der Waals surface area contributed by atoms with Crippen molar-refractivity contribution in [2.45, 2.75) is 51.9 Å². The fourth-order valence-electron chi connectivity index (χ4n) is 7.18. The van der Waals surface area contributed by atoms with Crippen molar-refractivity contribution >= 4 is 28.3 Å². The van der Waals surface area contributed by atoms with Crippen molar-refractivity contribution in [2.75, 3.05) is 44.4 Å². The molecule has 4 aliphatic carbocycles. The van der Waals surface area contributed by atoms with Gasteiger partial charge in [0.2, 0.25) is 5.91 Å². The highest BCUT2D eigenvalue weighted by molar-refractivity contribution is 6.02. The molecule has 0 spiro atoms. The highest BCUT2D eigenvalue weighted by atomic mass is 16.1. The van der Waals surface area contributed by atoms with Gasteiger partial charge in [0, 0.05) is 31.9 Å². The molecule has 1 N–H and O–H groups in total. The Hall–Kier alpha value is -2.14. The van der Waals surface area contributed by atoms with E-state index >= 15 is 0 Å². The second-order valence-electron chi connectivity index (χ2n) is 11.4. The van der Waals surface area contributed by atoms with E-state index in [-0.39, 0.29) is 11.3 Å². The number of nitrogens with one attached hydrogen (secondary N) is 1. The summed E-state index contributed by atoms with van der Waals surface area (Å²) in [5.41, 5.74) is 3.24. The Morgan fingerprint density at radius 2 is 1.66 bits per heavy atom. The normalized spacial score (nSPS) is 28.5. The molecule has 5 heteroatoms. The molecule has 0 unspecified atom stereocenters. The number of likely N-dealkylation sites (N-methyl/N-ethyl adjacent to an activating group) is 2. The van der Waals surface area contributed by atoms with E-state index in [9.17, 15) is 4.79 Å². The van der Waals surface area contributed by atoms with Gasteiger partial charge in [0.15, 0.2) is 0 Å². The third-order valence-corrected chi connectivity index (χ3v) is 8.30. The summed E-state index contributed by atoms with van der Waals surface area (Å²) in [6, 6.07) is 8.35. The van der Waals surface area contributed by atoms with Crippen LogP contribution >= 0.6 is 0 Å². The van der Waals surface area contributed by atoms with Crippen LogP contribution in [0.25, 0.3) is 10.9 Å². The van der Waals surface area contributed by atoms with Gasteiger partial charge in [-0.15, -0.1) is 0 Å². The molecule has 0 aliphatic heterocycles. The molecule has 32 heavy (non-hydrogen) atoms. The van der Waals surface area contributed by atoms with Crippen molar-refractivity contribution in [3.63, 3.8) is 0 Å². The lowest BCUT2D eigenvalue weighted by Gasteiger charge is -2.56. The molecule has 0 atom stereocenters. The van der Waals surface area contributed by atoms with Crippen molar-refractivity contribution in [3.05, 3.63) is 29.8 Å². The summed E-state index contributed by atoms with van der Waals surface area (Å²) in [5, 5.41) is 4.35. The molecule has 6 rings (SSSR count). The molecule has 172 valence electrons. The van der Waals surface area contributed by atoms with Crippen LogP contribution in [0.1, 0.15) is 50.5 Å². The maximum Gasteiger partial charge on any atom is 0.224 e. The van der Waals surface area contributed by atoms with E-state index in [1.54, 1.807) is 0 Å². The maximum absolute atomic E-state index is 13.3. The van der Waals surface area contributed by atoms with Gasteiger partial charge in [0.05, 0.1) is 11.2 Å². The average molecular weight is 435 g/mol. The molecule has 0 radical (unpaired) electrons. The van der Waals surface area contributed by atoms with Gasteiger partial charge in [-0.2, -0.15) is 0 Å². The third kappa shape index (κ3) is 4.24. The van der Waals surface area contributed by atoms with Crippen LogP contribution in [0.5, 0.6) is 0 Å². The topological polar surface area (TPSA) is 48.5 Å². The van der Waals surface area contributed by atoms with Crippen molar-refractivity contribution in [3.8, 4) is 0 Å². The van der Waals surface area contributed by atoms with Crippen LogP contribution in [0.2, 0.25) is 0 Å². The SMILES string of the molecule is Cc1ccc2nc(N(C)CCN(C)C)ccc2c1NC(=O)CC12CC3CC(CC(C3)C1)C2. The second kappa shape index (κ2) is 8.33. The van der Waals surface area contributed by atoms with Crippen LogP contribution in [0.4, 0.5) is 11.5 Å². The smallest absolute Gasteiger partial charge is 0.224 e. The number of hydrogen-bond acceptors (Lipinski definition) is 4. The molecule has 1 amide bonds.